The molecule has 2 aromatic rings. The van der Waals surface area contributed by atoms with Crippen LogP contribution in [0.15, 0.2) is 36.5 Å². The number of pyridine rings is 1. The van der Waals surface area contributed by atoms with Gasteiger partial charge in [0.25, 0.3) is 5.91 Å². The molecule has 0 radical (unpaired) electrons. The van der Waals surface area contributed by atoms with Gasteiger partial charge in [-0.25, -0.2) is 4.98 Å². The number of amides is 1. The Kier molecular flexibility index (Phi) is 3.61. The predicted octanol–water partition coefficient (Wildman–Crippen LogP) is 2.06. The second kappa shape index (κ2) is 5.34. The lowest BCUT2D eigenvalue weighted by atomic mass is 10.1. The number of anilines is 2. The number of carbonyl (C=O) groups is 1. The number of carbonyl (C=O) groups excluding carboxylic acids is 1. The second-order valence-corrected chi connectivity index (χ2v) is 3.75. The van der Waals surface area contributed by atoms with Crippen LogP contribution < -0.4 is 15.8 Å². The molecule has 0 saturated heterocycles. The van der Waals surface area contributed by atoms with E-state index >= 15 is 0 Å². The maximum absolute atomic E-state index is 12.7. The number of nitrogens with zero attached hydrogens (tertiary/aromatic N) is 1. The summed E-state index contributed by atoms with van der Waals surface area (Å²) in [5.41, 5.74) is 6.77. The molecule has 2 rings (SSSR count). The number of methoxy groups -OCH3 is 1. The minimum atomic E-state index is -0.612. The molecule has 0 aliphatic heterocycles. The van der Waals surface area contributed by atoms with Gasteiger partial charge in [-0.3, -0.25) is 4.79 Å². The highest BCUT2D eigenvalue weighted by atomic mass is 19.1. The lowest BCUT2D eigenvalue weighted by Gasteiger charge is -2.10. The number of rotatable bonds is 3. The number of halogens is 1. The minimum absolute atomic E-state index is 0.298. The zero-order chi connectivity index (χ0) is 13.8. The van der Waals surface area contributed by atoms with Crippen LogP contribution >= 0.6 is 0 Å². The monoisotopic (exact) mass is 261 g/mol. The highest BCUT2D eigenvalue weighted by molar-refractivity contribution is 6.07. The SMILES string of the molecule is COc1c(N)cccc1C(=O)Nc1ccc(F)nc1. The van der Waals surface area contributed by atoms with Crippen LogP contribution in [0.5, 0.6) is 5.75 Å². The molecule has 0 atom stereocenters. The third kappa shape index (κ3) is 2.79. The Morgan fingerprint density at radius 3 is 2.79 bits per heavy atom. The molecule has 1 heterocycles. The molecule has 0 spiro atoms. The summed E-state index contributed by atoms with van der Waals surface area (Å²) in [6.45, 7) is 0. The third-order valence-electron chi connectivity index (χ3n) is 2.48. The number of ether oxygens (including phenoxy) is 1. The zero-order valence-electron chi connectivity index (χ0n) is 10.2. The van der Waals surface area contributed by atoms with Gasteiger partial charge in [0.2, 0.25) is 5.95 Å². The first-order chi connectivity index (χ1) is 9.11. The van der Waals surface area contributed by atoms with Crippen LogP contribution in [-0.4, -0.2) is 18.0 Å². The van der Waals surface area contributed by atoms with E-state index in [9.17, 15) is 9.18 Å². The van der Waals surface area contributed by atoms with Crippen LogP contribution in [0.4, 0.5) is 15.8 Å². The van der Waals surface area contributed by atoms with Crippen LogP contribution in [-0.2, 0) is 0 Å². The molecule has 0 unspecified atom stereocenters. The van der Waals surface area contributed by atoms with Crippen molar-refractivity contribution < 1.29 is 13.9 Å². The summed E-state index contributed by atoms with van der Waals surface area (Å²) in [7, 11) is 1.43. The third-order valence-corrected chi connectivity index (χ3v) is 2.48. The Morgan fingerprint density at radius 2 is 2.16 bits per heavy atom. The van der Waals surface area contributed by atoms with Crippen molar-refractivity contribution in [3.05, 3.63) is 48.0 Å². The number of nitrogen functional groups attached to an aromatic ring is 1. The van der Waals surface area contributed by atoms with E-state index in [4.69, 9.17) is 10.5 Å². The van der Waals surface area contributed by atoms with Crippen molar-refractivity contribution >= 4 is 17.3 Å². The lowest BCUT2D eigenvalue weighted by molar-refractivity contribution is 0.102. The summed E-state index contributed by atoms with van der Waals surface area (Å²) >= 11 is 0. The average Bonchev–Trinajstić information content (AvgIpc) is 2.41. The Hall–Kier alpha value is -2.63. The number of para-hydroxylation sites is 1. The van der Waals surface area contributed by atoms with Crippen LogP contribution in [0, 0.1) is 5.95 Å². The number of hydrogen-bond donors (Lipinski definition) is 2. The van der Waals surface area contributed by atoms with Gasteiger partial charge in [0.15, 0.2) is 5.75 Å². The molecule has 0 bridgehead atoms. The molecule has 0 saturated carbocycles. The maximum atomic E-state index is 12.7. The van der Waals surface area contributed by atoms with Gasteiger partial charge in [-0.05, 0) is 24.3 Å². The Labute approximate surface area is 109 Å². The van der Waals surface area contributed by atoms with Gasteiger partial charge in [0.05, 0.1) is 30.2 Å². The van der Waals surface area contributed by atoms with Crippen LogP contribution in [0.3, 0.4) is 0 Å². The molecular weight excluding hydrogens is 249 g/mol. The standard InChI is InChI=1S/C13H12FN3O2/c1-19-12-9(3-2-4-10(12)15)13(18)17-8-5-6-11(14)16-7-8/h2-7H,15H2,1H3,(H,17,18). The molecule has 0 fully saturated rings. The van der Waals surface area contributed by atoms with Crippen molar-refractivity contribution in [2.45, 2.75) is 0 Å². The Balaban J connectivity index is 2.25. The fraction of sp³-hybridized carbons (Fsp3) is 0.0769. The first kappa shape index (κ1) is 12.8. The topological polar surface area (TPSA) is 77.2 Å². The number of hydrogen-bond acceptors (Lipinski definition) is 4. The number of benzene rings is 1. The summed E-state index contributed by atoms with van der Waals surface area (Å²) in [6, 6.07) is 7.44. The number of nitrogens with two attached hydrogens (primary N) is 1. The molecule has 0 aliphatic carbocycles. The van der Waals surface area contributed by atoms with E-state index in [1.54, 1.807) is 18.2 Å². The van der Waals surface area contributed by atoms with Crippen molar-refractivity contribution in [2.75, 3.05) is 18.2 Å². The molecule has 5 nitrogen and oxygen atoms in total. The molecular formula is C13H12FN3O2. The summed E-state index contributed by atoms with van der Waals surface area (Å²) < 4.78 is 17.8. The number of aromatic nitrogens is 1. The van der Waals surface area contributed by atoms with Crippen LogP contribution in [0.2, 0.25) is 0 Å². The summed E-state index contributed by atoms with van der Waals surface area (Å²) in [4.78, 5) is 15.5. The van der Waals surface area contributed by atoms with Gasteiger partial charge in [-0.15, -0.1) is 0 Å². The molecule has 98 valence electrons. The van der Waals surface area contributed by atoms with Crippen molar-refractivity contribution in [1.29, 1.82) is 0 Å². The molecule has 19 heavy (non-hydrogen) atoms. The molecule has 6 heteroatoms. The van der Waals surface area contributed by atoms with Crippen LogP contribution in [0.1, 0.15) is 10.4 Å². The largest absolute Gasteiger partial charge is 0.494 e. The van der Waals surface area contributed by atoms with Gasteiger partial charge >= 0.3 is 0 Å². The smallest absolute Gasteiger partial charge is 0.259 e. The molecule has 1 aromatic heterocycles. The van der Waals surface area contributed by atoms with Crippen molar-refractivity contribution in [3.8, 4) is 5.75 Å². The molecule has 1 aromatic carbocycles. The highest BCUT2D eigenvalue weighted by Crippen LogP contribution is 2.26. The molecule has 3 N–H and O–H groups in total. The fourth-order valence-electron chi connectivity index (χ4n) is 1.61. The molecule has 0 aliphatic rings. The van der Waals surface area contributed by atoms with E-state index in [2.05, 4.69) is 10.3 Å². The van der Waals surface area contributed by atoms with E-state index in [-0.39, 0.29) is 0 Å². The van der Waals surface area contributed by atoms with Gasteiger partial charge in [-0.1, -0.05) is 6.07 Å². The number of nitrogens with one attached hydrogen (secondary N) is 1. The highest BCUT2D eigenvalue weighted by Gasteiger charge is 2.14. The van der Waals surface area contributed by atoms with E-state index < -0.39 is 11.9 Å². The zero-order valence-corrected chi connectivity index (χ0v) is 10.2. The van der Waals surface area contributed by atoms with Crippen molar-refractivity contribution in [3.63, 3.8) is 0 Å². The van der Waals surface area contributed by atoms with Gasteiger partial charge in [0, 0.05) is 0 Å². The van der Waals surface area contributed by atoms with Gasteiger partial charge in [0.1, 0.15) is 0 Å². The van der Waals surface area contributed by atoms with E-state index in [0.717, 1.165) is 6.07 Å². The van der Waals surface area contributed by atoms with E-state index in [1.807, 2.05) is 0 Å². The quantitative estimate of drug-likeness (QED) is 0.655. The second-order valence-electron chi connectivity index (χ2n) is 3.75. The Bertz CT molecular complexity index is 599. The van der Waals surface area contributed by atoms with Gasteiger partial charge in [-0.2, -0.15) is 4.39 Å². The minimum Gasteiger partial charge on any atom is -0.494 e. The lowest BCUT2D eigenvalue weighted by Crippen LogP contribution is -2.14. The van der Waals surface area contributed by atoms with Gasteiger partial charge < -0.3 is 15.8 Å². The average molecular weight is 261 g/mol. The maximum Gasteiger partial charge on any atom is 0.259 e. The van der Waals surface area contributed by atoms with Crippen molar-refractivity contribution in [2.24, 2.45) is 0 Å². The summed E-state index contributed by atoms with van der Waals surface area (Å²) in [6.07, 6.45) is 1.23. The first-order valence-electron chi connectivity index (χ1n) is 5.47. The summed E-state index contributed by atoms with van der Waals surface area (Å²) in [5, 5.41) is 2.58. The van der Waals surface area contributed by atoms with Crippen LogP contribution in [0.25, 0.3) is 0 Å². The predicted molar refractivity (Wildman–Crippen MR) is 69.6 cm³/mol. The van der Waals surface area contributed by atoms with Crippen molar-refractivity contribution in [1.82, 2.24) is 4.98 Å². The van der Waals surface area contributed by atoms with E-state index in [1.165, 1.54) is 19.4 Å². The van der Waals surface area contributed by atoms with E-state index in [0.29, 0.717) is 22.7 Å². The first-order valence-corrected chi connectivity index (χ1v) is 5.47. The fourth-order valence-corrected chi connectivity index (χ4v) is 1.61. The summed E-state index contributed by atoms with van der Waals surface area (Å²) in [5.74, 6) is -0.716. The normalized spacial score (nSPS) is 10.0. The molecule has 1 amide bonds. The Morgan fingerprint density at radius 1 is 1.37 bits per heavy atom.